The lowest BCUT2D eigenvalue weighted by Crippen LogP contribution is -2.35. The van der Waals surface area contributed by atoms with Gasteiger partial charge in [-0.05, 0) is 23.6 Å². The van der Waals surface area contributed by atoms with Crippen molar-refractivity contribution in [3.05, 3.63) is 70.5 Å². The standard InChI is InChI=1S/C20H20ClFN2O/c21-17-7-4-8-18(22)15(17)9-19(25)24-12-14-10-23-11-16(14)20(24)13-5-2-1-3-6-13/h1-8,14,16,20,23H,9-12H2/t14-,16-,20-/m0/s1. The van der Waals surface area contributed by atoms with Crippen molar-refractivity contribution in [2.45, 2.75) is 12.5 Å². The van der Waals surface area contributed by atoms with Crippen LogP contribution in [-0.2, 0) is 11.2 Å². The zero-order chi connectivity index (χ0) is 17.4. The Bertz CT molecular complexity index is 762. The molecule has 0 aliphatic carbocycles. The van der Waals surface area contributed by atoms with Crippen LogP contribution in [-0.4, -0.2) is 30.4 Å². The van der Waals surface area contributed by atoms with Gasteiger partial charge in [-0.3, -0.25) is 4.79 Å². The number of hydrogen-bond acceptors (Lipinski definition) is 2. The monoisotopic (exact) mass is 358 g/mol. The lowest BCUT2D eigenvalue weighted by atomic mass is 9.89. The first-order valence-electron chi connectivity index (χ1n) is 8.63. The van der Waals surface area contributed by atoms with Gasteiger partial charge in [0.2, 0.25) is 5.91 Å². The van der Waals surface area contributed by atoms with Crippen LogP contribution in [0.3, 0.4) is 0 Å². The van der Waals surface area contributed by atoms with Gasteiger partial charge in [0.25, 0.3) is 0 Å². The molecule has 2 aromatic carbocycles. The fourth-order valence-corrected chi connectivity index (χ4v) is 4.44. The first kappa shape index (κ1) is 16.6. The van der Waals surface area contributed by atoms with Crippen molar-refractivity contribution in [1.82, 2.24) is 10.2 Å². The Morgan fingerprint density at radius 2 is 1.96 bits per heavy atom. The quantitative estimate of drug-likeness (QED) is 0.911. The van der Waals surface area contributed by atoms with Crippen LogP contribution in [0.15, 0.2) is 48.5 Å². The predicted molar refractivity (Wildman–Crippen MR) is 95.9 cm³/mol. The number of rotatable bonds is 3. The zero-order valence-electron chi connectivity index (χ0n) is 13.8. The third-order valence-corrected chi connectivity index (χ3v) is 5.77. The number of nitrogens with one attached hydrogen (secondary N) is 1. The molecule has 1 amide bonds. The highest BCUT2D eigenvalue weighted by Gasteiger charge is 2.46. The minimum absolute atomic E-state index is 0.00170. The summed E-state index contributed by atoms with van der Waals surface area (Å²) in [6.07, 6.45) is 0.00170. The molecule has 2 aromatic rings. The van der Waals surface area contributed by atoms with Gasteiger partial charge in [0.05, 0.1) is 12.5 Å². The Balaban J connectivity index is 1.62. The molecule has 2 saturated heterocycles. The molecule has 2 heterocycles. The van der Waals surface area contributed by atoms with Crippen LogP contribution in [0.2, 0.25) is 5.02 Å². The number of carbonyl (C=O) groups is 1. The van der Waals surface area contributed by atoms with Crippen molar-refractivity contribution in [2.24, 2.45) is 11.8 Å². The van der Waals surface area contributed by atoms with Gasteiger partial charge >= 0.3 is 0 Å². The number of amides is 1. The van der Waals surface area contributed by atoms with Gasteiger partial charge in [-0.1, -0.05) is 48.0 Å². The zero-order valence-corrected chi connectivity index (χ0v) is 14.5. The normalized spacial score (nSPS) is 25.2. The van der Waals surface area contributed by atoms with E-state index >= 15 is 0 Å². The lowest BCUT2D eigenvalue weighted by molar-refractivity contribution is -0.132. The highest BCUT2D eigenvalue weighted by atomic mass is 35.5. The second-order valence-electron chi connectivity index (χ2n) is 6.86. The fourth-order valence-electron chi connectivity index (χ4n) is 4.21. The van der Waals surface area contributed by atoms with Gasteiger partial charge in [-0.2, -0.15) is 0 Å². The van der Waals surface area contributed by atoms with E-state index in [1.165, 1.54) is 6.07 Å². The van der Waals surface area contributed by atoms with Crippen molar-refractivity contribution in [2.75, 3.05) is 19.6 Å². The summed E-state index contributed by atoms with van der Waals surface area (Å²) in [5.41, 5.74) is 1.43. The Morgan fingerprint density at radius 3 is 2.72 bits per heavy atom. The molecule has 25 heavy (non-hydrogen) atoms. The van der Waals surface area contributed by atoms with Gasteiger partial charge in [0, 0.05) is 36.1 Å². The van der Waals surface area contributed by atoms with E-state index in [9.17, 15) is 9.18 Å². The molecule has 2 fully saturated rings. The van der Waals surface area contributed by atoms with Crippen LogP contribution in [0.4, 0.5) is 4.39 Å². The molecule has 3 atom stereocenters. The molecule has 5 heteroatoms. The molecule has 4 rings (SSSR count). The first-order chi connectivity index (χ1) is 12.1. The number of nitrogens with zero attached hydrogens (tertiary/aromatic N) is 1. The van der Waals surface area contributed by atoms with Crippen molar-refractivity contribution >= 4 is 17.5 Å². The molecular weight excluding hydrogens is 339 g/mol. The second kappa shape index (κ2) is 6.77. The Hall–Kier alpha value is -1.91. The molecule has 0 saturated carbocycles. The second-order valence-corrected chi connectivity index (χ2v) is 7.27. The maximum Gasteiger partial charge on any atom is 0.227 e. The van der Waals surface area contributed by atoms with Crippen LogP contribution in [0.25, 0.3) is 0 Å². The summed E-state index contributed by atoms with van der Waals surface area (Å²) < 4.78 is 14.1. The Labute approximate surface area is 151 Å². The van der Waals surface area contributed by atoms with Crippen molar-refractivity contribution in [3.8, 4) is 0 Å². The van der Waals surface area contributed by atoms with E-state index in [2.05, 4.69) is 17.4 Å². The SMILES string of the molecule is O=C(Cc1c(F)cccc1Cl)N1C[C@@H]2CNC[C@@H]2[C@@H]1c1ccccc1. The minimum atomic E-state index is -0.418. The first-order valence-corrected chi connectivity index (χ1v) is 9.01. The van der Waals surface area contributed by atoms with E-state index in [0.29, 0.717) is 23.4 Å². The van der Waals surface area contributed by atoms with Crippen molar-refractivity contribution in [3.63, 3.8) is 0 Å². The van der Waals surface area contributed by atoms with Gasteiger partial charge in [-0.25, -0.2) is 4.39 Å². The Morgan fingerprint density at radius 1 is 1.16 bits per heavy atom. The fraction of sp³-hybridized carbons (Fsp3) is 0.350. The third kappa shape index (κ3) is 3.05. The highest BCUT2D eigenvalue weighted by molar-refractivity contribution is 6.31. The van der Waals surface area contributed by atoms with Crippen LogP contribution >= 0.6 is 11.6 Å². The smallest absolute Gasteiger partial charge is 0.227 e. The largest absolute Gasteiger partial charge is 0.335 e. The van der Waals surface area contributed by atoms with Crippen LogP contribution in [0.5, 0.6) is 0 Å². The maximum absolute atomic E-state index is 14.1. The van der Waals surface area contributed by atoms with Gasteiger partial charge in [0.1, 0.15) is 5.82 Å². The maximum atomic E-state index is 14.1. The van der Waals surface area contributed by atoms with Crippen LogP contribution < -0.4 is 5.32 Å². The molecule has 1 N–H and O–H groups in total. The van der Waals surface area contributed by atoms with Crippen molar-refractivity contribution in [1.29, 1.82) is 0 Å². The summed E-state index contributed by atoms with van der Waals surface area (Å²) in [7, 11) is 0. The molecule has 3 nitrogen and oxygen atoms in total. The van der Waals surface area contributed by atoms with Crippen molar-refractivity contribution < 1.29 is 9.18 Å². The number of hydrogen-bond donors (Lipinski definition) is 1. The molecule has 0 unspecified atom stereocenters. The summed E-state index contributed by atoms with van der Waals surface area (Å²) in [5, 5.41) is 3.74. The average Bonchev–Trinajstić information content (AvgIpc) is 3.19. The predicted octanol–water partition coefficient (Wildman–Crippen LogP) is 3.44. The van der Waals surface area contributed by atoms with E-state index in [1.54, 1.807) is 12.1 Å². The van der Waals surface area contributed by atoms with Gasteiger partial charge < -0.3 is 10.2 Å². The number of fused-ring (bicyclic) bond motifs is 1. The molecule has 2 aliphatic heterocycles. The number of likely N-dealkylation sites (tertiary alicyclic amines) is 1. The molecule has 2 aliphatic rings. The highest BCUT2D eigenvalue weighted by Crippen LogP contribution is 2.42. The Kier molecular flexibility index (Phi) is 4.48. The average molecular weight is 359 g/mol. The minimum Gasteiger partial charge on any atom is -0.335 e. The molecular formula is C20H20ClFN2O. The number of carbonyl (C=O) groups excluding carboxylic acids is 1. The van der Waals surface area contributed by atoms with E-state index in [-0.39, 0.29) is 23.9 Å². The molecule has 0 radical (unpaired) electrons. The number of halogens is 2. The summed E-state index contributed by atoms with van der Waals surface area (Å²) in [6, 6.07) is 14.7. The molecule has 0 bridgehead atoms. The van der Waals surface area contributed by atoms with Gasteiger partial charge in [-0.15, -0.1) is 0 Å². The lowest BCUT2D eigenvalue weighted by Gasteiger charge is -2.28. The van der Waals surface area contributed by atoms with E-state index in [4.69, 9.17) is 11.6 Å². The number of benzene rings is 2. The van der Waals surface area contributed by atoms with Crippen LogP contribution in [0, 0.1) is 17.7 Å². The summed E-state index contributed by atoms with van der Waals surface area (Å²) in [6.45, 7) is 2.55. The summed E-state index contributed by atoms with van der Waals surface area (Å²) in [5.74, 6) is 0.376. The van der Waals surface area contributed by atoms with Crippen LogP contribution in [0.1, 0.15) is 17.2 Å². The third-order valence-electron chi connectivity index (χ3n) is 5.42. The molecule has 0 spiro atoms. The van der Waals surface area contributed by atoms with Gasteiger partial charge in [0.15, 0.2) is 0 Å². The van der Waals surface area contributed by atoms with E-state index in [0.717, 1.165) is 18.7 Å². The van der Waals surface area contributed by atoms with E-state index in [1.807, 2.05) is 23.1 Å². The summed E-state index contributed by atoms with van der Waals surface area (Å²) in [4.78, 5) is 14.9. The molecule has 130 valence electrons. The topological polar surface area (TPSA) is 32.3 Å². The van der Waals surface area contributed by atoms with E-state index < -0.39 is 5.82 Å². The molecule has 0 aromatic heterocycles. The summed E-state index contributed by atoms with van der Waals surface area (Å²) >= 11 is 6.11.